The molecule has 1 aliphatic carbocycles. The van der Waals surface area contributed by atoms with E-state index in [1.807, 2.05) is 12.4 Å². The van der Waals surface area contributed by atoms with Crippen molar-refractivity contribution in [3.63, 3.8) is 0 Å². The monoisotopic (exact) mass is 290 g/mol. The molecule has 1 saturated carbocycles. The number of rotatable bonds is 7. The zero-order chi connectivity index (χ0) is 15.1. The third-order valence-electron chi connectivity index (χ3n) is 4.70. The highest BCUT2D eigenvalue weighted by Gasteiger charge is 2.24. The zero-order valence-electron chi connectivity index (χ0n) is 13.8. The second-order valence-electron chi connectivity index (χ2n) is 6.26. The number of nitrogens with zero attached hydrogens (tertiary/aromatic N) is 3. The summed E-state index contributed by atoms with van der Waals surface area (Å²) in [6, 6.07) is 0.608. The van der Waals surface area contributed by atoms with Crippen LogP contribution >= 0.6 is 0 Å². The first-order valence-electron chi connectivity index (χ1n) is 8.49. The summed E-state index contributed by atoms with van der Waals surface area (Å²) in [5.41, 5.74) is 1.16. The lowest BCUT2D eigenvalue weighted by molar-refractivity contribution is 0.312. The lowest BCUT2D eigenvalue weighted by Crippen LogP contribution is -2.36. The highest BCUT2D eigenvalue weighted by Crippen LogP contribution is 2.30. The summed E-state index contributed by atoms with van der Waals surface area (Å²) in [4.78, 5) is 11.4. The Bertz CT molecular complexity index is 396. The van der Waals surface area contributed by atoms with Gasteiger partial charge in [0.2, 0.25) is 5.95 Å². The molecule has 0 spiro atoms. The minimum atomic E-state index is 0.608. The van der Waals surface area contributed by atoms with Crippen LogP contribution < -0.4 is 10.2 Å². The van der Waals surface area contributed by atoms with E-state index in [1.54, 1.807) is 0 Å². The van der Waals surface area contributed by atoms with Crippen molar-refractivity contribution in [3.05, 3.63) is 18.0 Å². The Labute approximate surface area is 129 Å². The van der Waals surface area contributed by atoms with Gasteiger partial charge >= 0.3 is 0 Å². The number of anilines is 1. The molecule has 0 bridgehead atoms. The molecule has 2 rings (SSSR count). The molecular weight excluding hydrogens is 260 g/mol. The van der Waals surface area contributed by atoms with Gasteiger partial charge in [-0.05, 0) is 44.6 Å². The average Bonchev–Trinajstić information content (AvgIpc) is 2.55. The topological polar surface area (TPSA) is 41.1 Å². The van der Waals surface area contributed by atoms with E-state index in [0.29, 0.717) is 6.04 Å². The second kappa shape index (κ2) is 8.32. The van der Waals surface area contributed by atoms with Crippen LogP contribution in [0.1, 0.15) is 57.9 Å². The molecule has 21 heavy (non-hydrogen) atoms. The summed E-state index contributed by atoms with van der Waals surface area (Å²) in [7, 11) is 2.14. The summed E-state index contributed by atoms with van der Waals surface area (Å²) >= 11 is 0. The molecule has 0 amide bonds. The maximum atomic E-state index is 4.55. The van der Waals surface area contributed by atoms with E-state index in [4.69, 9.17) is 0 Å². The van der Waals surface area contributed by atoms with Crippen LogP contribution in [-0.2, 0) is 6.54 Å². The van der Waals surface area contributed by atoms with E-state index in [1.165, 1.54) is 32.1 Å². The van der Waals surface area contributed by atoms with Crippen LogP contribution in [0.4, 0.5) is 5.95 Å². The zero-order valence-corrected chi connectivity index (χ0v) is 13.8. The summed E-state index contributed by atoms with van der Waals surface area (Å²) in [5, 5.41) is 3.38. The third-order valence-corrected chi connectivity index (χ3v) is 4.70. The molecule has 0 unspecified atom stereocenters. The molecule has 1 aliphatic rings. The third kappa shape index (κ3) is 4.67. The minimum absolute atomic E-state index is 0.608. The van der Waals surface area contributed by atoms with Crippen molar-refractivity contribution in [2.45, 2.75) is 65.0 Å². The van der Waals surface area contributed by atoms with Gasteiger partial charge in [0.25, 0.3) is 0 Å². The molecule has 4 heteroatoms. The summed E-state index contributed by atoms with van der Waals surface area (Å²) < 4.78 is 0. The lowest BCUT2D eigenvalue weighted by atomic mass is 9.84. The van der Waals surface area contributed by atoms with E-state index in [2.05, 4.69) is 41.1 Å². The van der Waals surface area contributed by atoms with Gasteiger partial charge in [-0.25, -0.2) is 9.97 Å². The molecular formula is C17H30N4. The van der Waals surface area contributed by atoms with Gasteiger partial charge in [-0.2, -0.15) is 0 Å². The van der Waals surface area contributed by atoms with E-state index in [-0.39, 0.29) is 0 Å². The fraction of sp³-hybridized carbons (Fsp3) is 0.765. The van der Waals surface area contributed by atoms with Gasteiger partial charge in [-0.15, -0.1) is 0 Å². The van der Waals surface area contributed by atoms with Crippen molar-refractivity contribution in [1.29, 1.82) is 0 Å². The van der Waals surface area contributed by atoms with E-state index < -0.39 is 0 Å². The minimum Gasteiger partial charge on any atom is -0.341 e. The molecule has 118 valence electrons. The first kappa shape index (κ1) is 16.2. The number of hydrogen-bond donors (Lipinski definition) is 1. The standard InChI is InChI=1S/C17H30N4/c1-4-10-18-11-15-12-19-17(20-13-15)21(3)16-8-6-14(5-2)7-9-16/h12-14,16,18H,4-11H2,1-3H3. The highest BCUT2D eigenvalue weighted by molar-refractivity contribution is 5.30. The van der Waals surface area contributed by atoms with Crippen molar-refractivity contribution in [2.75, 3.05) is 18.5 Å². The van der Waals surface area contributed by atoms with Crippen molar-refractivity contribution in [1.82, 2.24) is 15.3 Å². The van der Waals surface area contributed by atoms with Gasteiger partial charge < -0.3 is 10.2 Å². The second-order valence-corrected chi connectivity index (χ2v) is 6.26. The average molecular weight is 290 g/mol. The molecule has 1 aromatic rings. The van der Waals surface area contributed by atoms with Gasteiger partial charge in [0.1, 0.15) is 0 Å². The van der Waals surface area contributed by atoms with Crippen LogP contribution in [0.5, 0.6) is 0 Å². The Morgan fingerprint density at radius 2 is 1.81 bits per heavy atom. The molecule has 0 aromatic carbocycles. The summed E-state index contributed by atoms with van der Waals surface area (Å²) in [6.45, 7) is 6.39. The van der Waals surface area contributed by atoms with Gasteiger partial charge in [0.05, 0.1) is 0 Å². The summed E-state index contributed by atoms with van der Waals surface area (Å²) in [5.74, 6) is 1.80. The van der Waals surface area contributed by atoms with Crippen molar-refractivity contribution >= 4 is 5.95 Å². The predicted molar refractivity (Wildman–Crippen MR) is 88.5 cm³/mol. The first-order chi connectivity index (χ1) is 10.2. The Hall–Kier alpha value is -1.16. The number of hydrogen-bond acceptors (Lipinski definition) is 4. The van der Waals surface area contributed by atoms with Crippen molar-refractivity contribution in [2.24, 2.45) is 5.92 Å². The Morgan fingerprint density at radius 3 is 2.38 bits per heavy atom. The molecule has 1 heterocycles. The Balaban J connectivity index is 1.86. The van der Waals surface area contributed by atoms with Gasteiger partial charge in [0.15, 0.2) is 0 Å². The van der Waals surface area contributed by atoms with E-state index in [0.717, 1.165) is 36.9 Å². The van der Waals surface area contributed by atoms with Crippen molar-refractivity contribution < 1.29 is 0 Å². The van der Waals surface area contributed by atoms with Crippen LogP contribution in [0.2, 0.25) is 0 Å². The maximum Gasteiger partial charge on any atom is 0.225 e. The van der Waals surface area contributed by atoms with Crippen LogP contribution in [0.25, 0.3) is 0 Å². The molecule has 0 saturated heterocycles. The normalized spacial score (nSPS) is 22.2. The van der Waals surface area contributed by atoms with Crippen LogP contribution in [0, 0.1) is 5.92 Å². The van der Waals surface area contributed by atoms with Gasteiger partial charge in [0, 0.05) is 37.6 Å². The largest absolute Gasteiger partial charge is 0.341 e. The molecule has 1 aromatic heterocycles. The fourth-order valence-corrected chi connectivity index (χ4v) is 3.13. The molecule has 0 atom stereocenters. The Kier molecular flexibility index (Phi) is 6.43. The van der Waals surface area contributed by atoms with E-state index >= 15 is 0 Å². The van der Waals surface area contributed by atoms with Crippen LogP contribution in [-0.4, -0.2) is 29.6 Å². The fourth-order valence-electron chi connectivity index (χ4n) is 3.13. The highest BCUT2D eigenvalue weighted by atomic mass is 15.2. The predicted octanol–water partition coefficient (Wildman–Crippen LogP) is 3.38. The van der Waals surface area contributed by atoms with Crippen molar-refractivity contribution in [3.8, 4) is 0 Å². The molecule has 4 nitrogen and oxygen atoms in total. The first-order valence-corrected chi connectivity index (χ1v) is 8.49. The van der Waals surface area contributed by atoms with E-state index in [9.17, 15) is 0 Å². The van der Waals surface area contributed by atoms with Crippen LogP contribution in [0.3, 0.4) is 0 Å². The smallest absolute Gasteiger partial charge is 0.225 e. The molecule has 1 N–H and O–H groups in total. The van der Waals surface area contributed by atoms with Crippen LogP contribution in [0.15, 0.2) is 12.4 Å². The molecule has 0 radical (unpaired) electrons. The molecule has 1 fully saturated rings. The number of nitrogens with one attached hydrogen (secondary N) is 1. The Morgan fingerprint density at radius 1 is 1.14 bits per heavy atom. The SMILES string of the molecule is CCCNCc1cnc(N(C)C2CCC(CC)CC2)nc1. The van der Waals surface area contributed by atoms with Gasteiger partial charge in [-0.1, -0.05) is 20.3 Å². The number of aromatic nitrogens is 2. The summed E-state index contributed by atoms with van der Waals surface area (Å²) in [6.07, 6.45) is 11.7. The maximum absolute atomic E-state index is 4.55. The van der Waals surface area contributed by atoms with Gasteiger partial charge in [-0.3, -0.25) is 0 Å². The quantitative estimate of drug-likeness (QED) is 0.782. The lowest BCUT2D eigenvalue weighted by Gasteiger charge is -2.34. The molecule has 0 aliphatic heterocycles.